The maximum atomic E-state index is 13.1. The van der Waals surface area contributed by atoms with Gasteiger partial charge in [0.2, 0.25) is 0 Å². The predicted molar refractivity (Wildman–Crippen MR) is 47.5 cm³/mol. The van der Waals surface area contributed by atoms with Crippen molar-refractivity contribution in [1.29, 1.82) is 0 Å². The van der Waals surface area contributed by atoms with Gasteiger partial charge in [-0.2, -0.15) is 0 Å². The van der Waals surface area contributed by atoms with Gasteiger partial charge < -0.3 is 4.74 Å². The normalized spacial score (nSPS) is 10.0. The second-order valence-corrected chi connectivity index (χ2v) is 2.76. The van der Waals surface area contributed by atoms with E-state index in [0.717, 1.165) is 12.1 Å². The Morgan fingerprint density at radius 2 is 1.86 bits per heavy atom. The van der Waals surface area contributed by atoms with Crippen LogP contribution in [0.1, 0.15) is 24.2 Å². The van der Waals surface area contributed by atoms with Crippen LogP contribution in [0.2, 0.25) is 0 Å². The van der Waals surface area contributed by atoms with E-state index in [9.17, 15) is 13.6 Å². The van der Waals surface area contributed by atoms with Gasteiger partial charge in [0.05, 0.1) is 6.61 Å². The van der Waals surface area contributed by atoms with Gasteiger partial charge >= 0.3 is 0 Å². The second-order valence-electron chi connectivity index (χ2n) is 2.76. The van der Waals surface area contributed by atoms with Crippen molar-refractivity contribution in [2.24, 2.45) is 0 Å². The molecule has 0 bridgehead atoms. The molecule has 0 saturated carbocycles. The average molecular weight is 200 g/mol. The van der Waals surface area contributed by atoms with Crippen LogP contribution < -0.4 is 4.74 Å². The van der Waals surface area contributed by atoms with Crippen LogP contribution in [0.3, 0.4) is 0 Å². The number of hydrogen-bond acceptors (Lipinski definition) is 2. The highest BCUT2D eigenvalue weighted by atomic mass is 19.1. The van der Waals surface area contributed by atoms with Gasteiger partial charge in [-0.15, -0.1) is 0 Å². The average Bonchev–Trinajstić information content (AvgIpc) is 2.10. The Morgan fingerprint density at radius 1 is 1.36 bits per heavy atom. The van der Waals surface area contributed by atoms with Gasteiger partial charge in [-0.25, -0.2) is 8.78 Å². The molecule has 0 fully saturated rings. The summed E-state index contributed by atoms with van der Waals surface area (Å²) in [5, 5.41) is 0. The molecule has 0 aromatic heterocycles. The molecule has 0 aliphatic carbocycles. The van der Waals surface area contributed by atoms with Gasteiger partial charge in [0, 0.05) is 5.56 Å². The summed E-state index contributed by atoms with van der Waals surface area (Å²) in [6.07, 6.45) is 0. The Morgan fingerprint density at radius 3 is 2.21 bits per heavy atom. The van der Waals surface area contributed by atoms with Crippen molar-refractivity contribution in [2.45, 2.75) is 13.8 Å². The Balaban J connectivity index is 3.18. The molecule has 0 radical (unpaired) electrons. The summed E-state index contributed by atoms with van der Waals surface area (Å²) < 4.78 is 31.0. The minimum Gasteiger partial charge on any atom is -0.488 e. The van der Waals surface area contributed by atoms with E-state index < -0.39 is 17.4 Å². The van der Waals surface area contributed by atoms with Crippen LogP contribution in [0.4, 0.5) is 8.78 Å². The lowest BCUT2D eigenvalue weighted by Gasteiger charge is -2.06. The molecule has 76 valence electrons. The molecule has 4 heteroatoms. The standard InChI is InChI=1S/C10H10F2O2/c1-3-14-10-8(11)4-7(6(2)13)5-9(10)12/h4-5H,3H2,1-2H3. The fraction of sp³-hybridized carbons (Fsp3) is 0.300. The summed E-state index contributed by atoms with van der Waals surface area (Å²) in [5.41, 5.74) is 0.00320. The van der Waals surface area contributed by atoms with Crippen molar-refractivity contribution in [3.05, 3.63) is 29.3 Å². The first kappa shape index (κ1) is 10.6. The Bertz CT molecular complexity index is 338. The van der Waals surface area contributed by atoms with E-state index >= 15 is 0 Å². The maximum absolute atomic E-state index is 13.1. The van der Waals surface area contributed by atoms with E-state index in [-0.39, 0.29) is 18.0 Å². The van der Waals surface area contributed by atoms with Crippen LogP contribution in [-0.2, 0) is 0 Å². The van der Waals surface area contributed by atoms with E-state index in [4.69, 9.17) is 4.74 Å². The van der Waals surface area contributed by atoms with Gasteiger partial charge in [0.25, 0.3) is 0 Å². The zero-order chi connectivity index (χ0) is 10.7. The molecule has 0 saturated heterocycles. The number of benzene rings is 1. The second kappa shape index (κ2) is 4.17. The number of ether oxygens (including phenoxy) is 1. The predicted octanol–water partition coefficient (Wildman–Crippen LogP) is 2.57. The summed E-state index contributed by atoms with van der Waals surface area (Å²) in [6, 6.07) is 1.94. The minimum atomic E-state index is -0.850. The van der Waals surface area contributed by atoms with Crippen molar-refractivity contribution in [1.82, 2.24) is 0 Å². The van der Waals surface area contributed by atoms with Crippen LogP contribution in [-0.4, -0.2) is 12.4 Å². The quantitative estimate of drug-likeness (QED) is 0.701. The first-order valence-electron chi connectivity index (χ1n) is 4.19. The third-order valence-electron chi connectivity index (χ3n) is 1.69. The molecule has 0 N–H and O–H groups in total. The SMILES string of the molecule is CCOc1c(F)cc(C(C)=O)cc1F. The van der Waals surface area contributed by atoms with Gasteiger partial charge in [0.1, 0.15) is 0 Å². The molecular formula is C10H10F2O2. The van der Waals surface area contributed by atoms with Crippen molar-refractivity contribution in [3.8, 4) is 5.75 Å². The molecule has 1 aromatic carbocycles. The molecule has 1 rings (SSSR count). The molecule has 0 aliphatic rings. The maximum Gasteiger partial charge on any atom is 0.190 e. The van der Waals surface area contributed by atoms with E-state index in [1.54, 1.807) is 6.92 Å². The third-order valence-corrected chi connectivity index (χ3v) is 1.69. The molecule has 0 unspecified atom stereocenters. The van der Waals surface area contributed by atoms with Crippen molar-refractivity contribution in [2.75, 3.05) is 6.61 Å². The lowest BCUT2D eigenvalue weighted by Crippen LogP contribution is -2.01. The lowest BCUT2D eigenvalue weighted by atomic mass is 10.1. The Kier molecular flexibility index (Phi) is 3.17. The largest absolute Gasteiger partial charge is 0.488 e. The molecular weight excluding hydrogens is 190 g/mol. The van der Waals surface area contributed by atoms with Crippen molar-refractivity contribution >= 4 is 5.78 Å². The van der Waals surface area contributed by atoms with Crippen LogP contribution >= 0.6 is 0 Å². The van der Waals surface area contributed by atoms with Crippen LogP contribution in [0.25, 0.3) is 0 Å². The molecule has 0 heterocycles. The van der Waals surface area contributed by atoms with Crippen LogP contribution in [0.5, 0.6) is 5.75 Å². The number of carbonyl (C=O) groups is 1. The smallest absolute Gasteiger partial charge is 0.190 e. The summed E-state index contributed by atoms with van der Waals surface area (Å²) in [6.45, 7) is 3.04. The van der Waals surface area contributed by atoms with Gasteiger partial charge in [-0.05, 0) is 26.0 Å². The topological polar surface area (TPSA) is 26.3 Å². The number of rotatable bonds is 3. The number of Topliss-reactive ketones (excluding diaryl/α,β-unsaturated/α-hetero) is 1. The van der Waals surface area contributed by atoms with Gasteiger partial charge in [0.15, 0.2) is 23.2 Å². The Hall–Kier alpha value is -1.45. The molecule has 0 aliphatic heterocycles. The fourth-order valence-corrected chi connectivity index (χ4v) is 1.05. The highest BCUT2D eigenvalue weighted by molar-refractivity contribution is 5.94. The zero-order valence-electron chi connectivity index (χ0n) is 7.93. The molecule has 0 atom stereocenters. The third kappa shape index (κ3) is 2.07. The number of hydrogen-bond donors (Lipinski definition) is 0. The molecule has 0 spiro atoms. The highest BCUT2D eigenvalue weighted by Gasteiger charge is 2.13. The first-order chi connectivity index (χ1) is 6.56. The van der Waals surface area contributed by atoms with E-state index in [1.165, 1.54) is 6.92 Å². The molecule has 14 heavy (non-hydrogen) atoms. The Labute approximate surface area is 80.5 Å². The molecule has 2 nitrogen and oxygen atoms in total. The molecule has 0 amide bonds. The molecule has 1 aromatic rings. The minimum absolute atomic E-state index is 0.00320. The van der Waals surface area contributed by atoms with Gasteiger partial charge in [-0.1, -0.05) is 0 Å². The van der Waals surface area contributed by atoms with E-state index in [2.05, 4.69) is 0 Å². The van der Waals surface area contributed by atoms with Crippen LogP contribution in [0, 0.1) is 11.6 Å². The lowest BCUT2D eigenvalue weighted by molar-refractivity contribution is 0.101. The zero-order valence-corrected chi connectivity index (χ0v) is 7.93. The summed E-state index contributed by atoms with van der Waals surface area (Å²) in [7, 11) is 0. The number of carbonyl (C=O) groups excluding carboxylic acids is 1. The number of halogens is 2. The number of ketones is 1. The van der Waals surface area contributed by atoms with E-state index in [1.807, 2.05) is 0 Å². The highest BCUT2D eigenvalue weighted by Crippen LogP contribution is 2.23. The monoisotopic (exact) mass is 200 g/mol. The van der Waals surface area contributed by atoms with Crippen molar-refractivity contribution < 1.29 is 18.3 Å². The summed E-state index contributed by atoms with van der Waals surface area (Å²) in [5.74, 6) is -2.52. The van der Waals surface area contributed by atoms with Crippen molar-refractivity contribution in [3.63, 3.8) is 0 Å². The van der Waals surface area contributed by atoms with Crippen LogP contribution in [0.15, 0.2) is 12.1 Å². The fourth-order valence-electron chi connectivity index (χ4n) is 1.05. The van der Waals surface area contributed by atoms with E-state index in [0.29, 0.717) is 0 Å². The summed E-state index contributed by atoms with van der Waals surface area (Å²) in [4.78, 5) is 10.8. The van der Waals surface area contributed by atoms with Gasteiger partial charge in [-0.3, -0.25) is 4.79 Å². The summed E-state index contributed by atoms with van der Waals surface area (Å²) >= 11 is 0. The first-order valence-corrected chi connectivity index (χ1v) is 4.19.